The van der Waals surface area contributed by atoms with Crippen molar-refractivity contribution in [2.75, 3.05) is 11.4 Å². The van der Waals surface area contributed by atoms with E-state index in [9.17, 15) is 9.59 Å². The molecule has 0 saturated carbocycles. The average molecular weight is 546 g/mol. The van der Waals surface area contributed by atoms with Crippen LogP contribution in [0, 0.1) is 0 Å². The van der Waals surface area contributed by atoms with Crippen LogP contribution in [0.2, 0.25) is 0 Å². The Morgan fingerprint density at radius 1 is 1.03 bits per heavy atom. The minimum absolute atomic E-state index is 0.153. The molecule has 1 amide bonds. The van der Waals surface area contributed by atoms with Crippen molar-refractivity contribution in [1.29, 1.82) is 0 Å². The minimum Gasteiger partial charge on any atom is -0.308 e. The summed E-state index contributed by atoms with van der Waals surface area (Å²) in [7, 11) is 0. The summed E-state index contributed by atoms with van der Waals surface area (Å²) in [5, 5.41) is 4.40. The van der Waals surface area contributed by atoms with Crippen LogP contribution < -0.4 is 15.0 Å². The molecule has 1 aliphatic rings. The highest BCUT2D eigenvalue weighted by atomic mass is 79.9. The highest BCUT2D eigenvalue weighted by Gasteiger charge is 2.34. The first kappa shape index (κ1) is 19.6. The third kappa shape index (κ3) is 3.03. The van der Waals surface area contributed by atoms with Gasteiger partial charge >= 0.3 is 0 Å². The molecule has 150 valence electrons. The van der Waals surface area contributed by atoms with Gasteiger partial charge in [-0.15, -0.1) is 5.10 Å². The normalized spacial score (nSPS) is 15.3. The zero-order valence-corrected chi connectivity index (χ0v) is 19.7. The molecular formula is C21H14Br2N4O2S. The van der Waals surface area contributed by atoms with Gasteiger partial charge in [0.25, 0.3) is 11.5 Å². The Bertz CT molecular complexity index is 1430. The summed E-state index contributed by atoms with van der Waals surface area (Å²) in [6.45, 7) is 2.62. The van der Waals surface area contributed by atoms with Crippen LogP contribution in [0.1, 0.15) is 18.9 Å². The molecule has 0 atom stereocenters. The Kier molecular flexibility index (Phi) is 4.83. The van der Waals surface area contributed by atoms with E-state index in [-0.39, 0.29) is 11.5 Å². The first-order valence-corrected chi connectivity index (χ1v) is 11.7. The number of thiazole rings is 1. The lowest BCUT2D eigenvalue weighted by Gasteiger charge is -2.15. The number of nitrogens with zero attached hydrogens (tertiary/aromatic N) is 4. The number of carbonyl (C=O) groups excluding carboxylic acids is 1. The van der Waals surface area contributed by atoms with Crippen LogP contribution >= 0.6 is 43.2 Å². The maximum Gasteiger partial charge on any atom is 0.291 e. The van der Waals surface area contributed by atoms with Crippen molar-refractivity contribution in [2.24, 2.45) is 0 Å². The summed E-state index contributed by atoms with van der Waals surface area (Å²) >= 11 is 8.09. The zero-order chi connectivity index (χ0) is 21.0. The molecule has 0 aliphatic carbocycles. The number of hydrogen-bond donors (Lipinski definition) is 0. The van der Waals surface area contributed by atoms with E-state index in [1.54, 1.807) is 4.90 Å². The summed E-state index contributed by atoms with van der Waals surface area (Å²) in [5.41, 5.74) is 2.51. The van der Waals surface area contributed by atoms with Gasteiger partial charge in [0.05, 0.1) is 11.3 Å². The molecule has 2 aromatic carbocycles. The second-order valence-corrected chi connectivity index (χ2v) is 9.68. The summed E-state index contributed by atoms with van der Waals surface area (Å²) < 4.78 is 3.47. The number of rotatable bonds is 3. The van der Waals surface area contributed by atoms with Crippen molar-refractivity contribution >= 4 is 65.3 Å². The molecule has 9 heteroatoms. The Morgan fingerprint density at radius 3 is 2.47 bits per heavy atom. The fourth-order valence-electron chi connectivity index (χ4n) is 3.57. The molecule has 0 N–H and O–H groups in total. The number of aromatic nitrogens is 3. The number of halogens is 2. The summed E-state index contributed by atoms with van der Waals surface area (Å²) in [5.74, 6) is 0.329. The third-order valence-corrected chi connectivity index (χ3v) is 6.96. The number of benzene rings is 2. The van der Waals surface area contributed by atoms with Crippen LogP contribution in [-0.4, -0.2) is 27.0 Å². The molecule has 4 aromatic rings. The molecule has 0 spiro atoms. The van der Waals surface area contributed by atoms with Gasteiger partial charge in [0.1, 0.15) is 4.53 Å². The molecule has 0 unspecified atom stereocenters. The quantitative estimate of drug-likeness (QED) is 0.390. The van der Waals surface area contributed by atoms with Crippen molar-refractivity contribution in [1.82, 2.24) is 14.6 Å². The molecule has 0 saturated heterocycles. The predicted octanol–water partition coefficient (Wildman–Crippen LogP) is 4.02. The Hall–Kier alpha value is -2.36. The smallest absolute Gasteiger partial charge is 0.291 e. The van der Waals surface area contributed by atoms with Gasteiger partial charge in [-0.3, -0.25) is 9.59 Å². The van der Waals surface area contributed by atoms with Gasteiger partial charge in [-0.05, 0) is 36.8 Å². The summed E-state index contributed by atoms with van der Waals surface area (Å²) in [4.78, 5) is 33.1. The van der Waals surface area contributed by atoms with Crippen molar-refractivity contribution < 1.29 is 4.79 Å². The summed E-state index contributed by atoms with van der Waals surface area (Å²) in [6, 6.07) is 13.3. The van der Waals surface area contributed by atoms with Crippen LogP contribution in [0.3, 0.4) is 0 Å². The van der Waals surface area contributed by atoms with E-state index in [2.05, 4.69) is 41.9 Å². The molecule has 5 rings (SSSR count). The highest BCUT2D eigenvalue weighted by Crippen LogP contribution is 2.37. The third-order valence-electron chi connectivity index (χ3n) is 4.91. The van der Waals surface area contributed by atoms with E-state index >= 15 is 0 Å². The largest absolute Gasteiger partial charge is 0.308 e. The lowest BCUT2D eigenvalue weighted by Crippen LogP contribution is -2.32. The van der Waals surface area contributed by atoms with E-state index in [0.717, 1.165) is 32.2 Å². The molecule has 3 heterocycles. The number of carbonyl (C=O) groups is 1. The van der Waals surface area contributed by atoms with Gasteiger partial charge < -0.3 is 4.90 Å². The standard InChI is InChI=1S/C21H14Br2N4O2S/c1-2-9-26-15-8-7-13(23)10-14(15)16(19(26)28)17-20(29)27-21(30-17)24-18(25-27)11-3-5-12(22)6-4-11/h3-8,10H,2,9H2,1H3/b17-16-. The van der Waals surface area contributed by atoms with Crippen LogP contribution in [0.5, 0.6) is 0 Å². The van der Waals surface area contributed by atoms with E-state index in [1.807, 2.05) is 49.4 Å². The lowest BCUT2D eigenvalue weighted by molar-refractivity contribution is -0.113. The van der Waals surface area contributed by atoms with Gasteiger partial charge in [0.15, 0.2) is 5.82 Å². The first-order chi connectivity index (χ1) is 14.5. The number of fused-ring (bicyclic) bond motifs is 2. The Balaban J connectivity index is 1.72. The second-order valence-electron chi connectivity index (χ2n) is 6.87. The van der Waals surface area contributed by atoms with Crippen LogP contribution in [0.4, 0.5) is 5.69 Å². The van der Waals surface area contributed by atoms with Crippen molar-refractivity contribution in [2.45, 2.75) is 13.3 Å². The Morgan fingerprint density at radius 2 is 1.77 bits per heavy atom. The van der Waals surface area contributed by atoms with Crippen molar-refractivity contribution in [3.63, 3.8) is 0 Å². The van der Waals surface area contributed by atoms with Crippen LogP contribution in [0.15, 0.2) is 56.2 Å². The van der Waals surface area contributed by atoms with Crippen molar-refractivity contribution in [3.05, 3.63) is 71.9 Å². The van der Waals surface area contributed by atoms with Gasteiger partial charge in [-0.25, -0.2) is 0 Å². The lowest BCUT2D eigenvalue weighted by atomic mass is 10.1. The van der Waals surface area contributed by atoms with Gasteiger partial charge in [-0.1, -0.05) is 62.3 Å². The number of anilines is 1. The van der Waals surface area contributed by atoms with E-state index in [4.69, 9.17) is 0 Å². The molecule has 6 nitrogen and oxygen atoms in total. The van der Waals surface area contributed by atoms with Gasteiger partial charge in [0, 0.05) is 26.6 Å². The highest BCUT2D eigenvalue weighted by molar-refractivity contribution is 9.10. The monoisotopic (exact) mass is 544 g/mol. The fraction of sp³-hybridized carbons (Fsp3) is 0.143. The van der Waals surface area contributed by atoms with Gasteiger partial charge in [0.2, 0.25) is 4.96 Å². The van der Waals surface area contributed by atoms with Crippen molar-refractivity contribution in [3.8, 4) is 11.4 Å². The predicted molar refractivity (Wildman–Crippen MR) is 125 cm³/mol. The molecule has 0 fully saturated rings. The van der Waals surface area contributed by atoms with Gasteiger partial charge in [-0.2, -0.15) is 9.50 Å². The van der Waals surface area contributed by atoms with Crippen LogP contribution in [-0.2, 0) is 4.79 Å². The topological polar surface area (TPSA) is 67.6 Å². The summed E-state index contributed by atoms with van der Waals surface area (Å²) in [6.07, 6.45) is 0.824. The molecular weight excluding hydrogens is 532 g/mol. The van der Waals surface area contributed by atoms with E-state index in [1.165, 1.54) is 15.9 Å². The molecule has 1 aliphatic heterocycles. The molecule has 30 heavy (non-hydrogen) atoms. The zero-order valence-electron chi connectivity index (χ0n) is 15.7. The number of hydrogen-bond acceptors (Lipinski definition) is 5. The van der Waals surface area contributed by atoms with E-state index in [0.29, 0.717) is 27.4 Å². The molecule has 0 radical (unpaired) electrons. The molecule has 0 bridgehead atoms. The molecule has 2 aromatic heterocycles. The van der Waals surface area contributed by atoms with Crippen LogP contribution in [0.25, 0.3) is 21.9 Å². The maximum atomic E-state index is 13.2. The minimum atomic E-state index is -0.321. The fourth-order valence-corrected chi connectivity index (χ4v) is 5.20. The second kappa shape index (κ2) is 7.40. The number of amides is 1. The first-order valence-electron chi connectivity index (χ1n) is 9.29. The SMILES string of the molecule is CCCN1C(=O)/C(=c2\sc3nc(-c4ccc(Br)cc4)nn3c2=O)c2cc(Br)ccc21. The Labute approximate surface area is 192 Å². The average Bonchev–Trinajstić information content (AvgIpc) is 3.35. The maximum absolute atomic E-state index is 13.2. The van der Waals surface area contributed by atoms with E-state index < -0.39 is 0 Å².